The highest BCUT2D eigenvalue weighted by Crippen LogP contribution is 2.33. The Morgan fingerprint density at radius 1 is 1.31 bits per heavy atom. The van der Waals surface area contributed by atoms with Crippen molar-refractivity contribution in [2.24, 2.45) is 17.1 Å². The summed E-state index contributed by atoms with van der Waals surface area (Å²) in [6, 6.07) is 3.73. The molecule has 0 bridgehead atoms. The van der Waals surface area contributed by atoms with E-state index < -0.39 is 5.41 Å². The summed E-state index contributed by atoms with van der Waals surface area (Å²) in [5.41, 5.74) is 6.51. The van der Waals surface area contributed by atoms with Crippen LogP contribution >= 0.6 is 0 Å². The molecule has 2 amide bonds. The number of carbonyl (C=O) groups excluding carboxylic acids is 2. The first kappa shape index (κ1) is 18.8. The summed E-state index contributed by atoms with van der Waals surface area (Å²) in [6.07, 6.45) is 4.43. The van der Waals surface area contributed by atoms with E-state index in [2.05, 4.69) is 10.3 Å². The fraction of sp³-hybridized carbons (Fsp3) is 0.632. The SMILES string of the molecule is Cc1ccc(NC(=O)C2CCN(C(=O)C3(CN)CCOCC3)CC2)nc1. The number of nitrogens with one attached hydrogen (secondary N) is 1. The predicted molar refractivity (Wildman–Crippen MR) is 98.4 cm³/mol. The Bertz CT molecular complexity index is 633. The molecule has 3 rings (SSSR count). The Morgan fingerprint density at radius 2 is 2.00 bits per heavy atom. The summed E-state index contributed by atoms with van der Waals surface area (Å²) in [4.78, 5) is 31.5. The summed E-state index contributed by atoms with van der Waals surface area (Å²) in [7, 11) is 0. The zero-order chi connectivity index (χ0) is 18.6. The van der Waals surface area contributed by atoms with Crippen molar-refractivity contribution in [3.05, 3.63) is 23.9 Å². The predicted octanol–water partition coefficient (Wildman–Crippen LogP) is 1.32. The maximum Gasteiger partial charge on any atom is 0.230 e. The number of aromatic nitrogens is 1. The van der Waals surface area contributed by atoms with Gasteiger partial charge in [-0.2, -0.15) is 0 Å². The number of hydrogen-bond donors (Lipinski definition) is 2. The highest BCUT2D eigenvalue weighted by Gasteiger charge is 2.42. The van der Waals surface area contributed by atoms with Crippen molar-refractivity contribution in [2.75, 3.05) is 38.2 Å². The molecule has 2 saturated heterocycles. The smallest absolute Gasteiger partial charge is 0.230 e. The summed E-state index contributed by atoms with van der Waals surface area (Å²) < 4.78 is 5.39. The van der Waals surface area contributed by atoms with Crippen LogP contribution in [0.15, 0.2) is 18.3 Å². The molecule has 0 aliphatic carbocycles. The Balaban J connectivity index is 1.54. The zero-order valence-electron chi connectivity index (χ0n) is 15.4. The van der Waals surface area contributed by atoms with Crippen molar-refractivity contribution in [3.8, 4) is 0 Å². The van der Waals surface area contributed by atoms with Crippen molar-refractivity contribution in [3.63, 3.8) is 0 Å². The molecule has 2 aliphatic heterocycles. The van der Waals surface area contributed by atoms with E-state index >= 15 is 0 Å². The first-order valence-corrected chi connectivity index (χ1v) is 9.35. The summed E-state index contributed by atoms with van der Waals surface area (Å²) >= 11 is 0. The van der Waals surface area contributed by atoms with Gasteiger partial charge in [-0.1, -0.05) is 6.07 Å². The number of nitrogens with two attached hydrogens (primary N) is 1. The maximum absolute atomic E-state index is 13.0. The number of likely N-dealkylation sites (tertiary alicyclic amines) is 1. The molecule has 142 valence electrons. The molecular weight excluding hydrogens is 332 g/mol. The lowest BCUT2D eigenvalue weighted by atomic mass is 9.78. The number of pyridine rings is 1. The van der Waals surface area contributed by atoms with Gasteiger partial charge in [0.2, 0.25) is 11.8 Å². The number of ether oxygens (including phenoxy) is 1. The zero-order valence-corrected chi connectivity index (χ0v) is 15.4. The van der Waals surface area contributed by atoms with Crippen LogP contribution in [0, 0.1) is 18.3 Å². The topological polar surface area (TPSA) is 97.6 Å². The molecule has 0 aromatic carbocycles. The third kappa shape index (κ3) is 4.04. The van der Waals surface area contributed by atoms with Crippen LogP contribution in [0.2, 0.25) is 0 Å². The molecule has 1 aromatic heterocycles. The Morgan fingerprint density at radius 3 is 2.58 bits per heavy atom. The molecule has 2 aliphatic rings. The van der Waals surface area contributed by atoms with Crippen molar-refractivity contribution in [1.82, 2.24) is 9.88 Å². The molecule has 0 radical (unpaired) electrons. The molecule has 7 nitrogen and oxygen atoms in total. The van der Waals surface area contributed by atoms with Crippen molar-refractivity contribution >= 4 is 17.6 Å². The molecule has 0 unspecified atom stereocenters. The number of carbonyl (C=O) groups is 2. The van der Waals surface area contributed by atoms with Crippen LogP contribution in [-0.4, -0.2) is 54.5 Å². The summed E-state index contributed by atoms with van der Waals surface area (Å²) in [6.45, 7) is 4.69. The third-order valence-corrected chi connectivity index (χ3v) is 5.61. The van der Waals surface area contributed by atoms with Crippen LogP contribution in [-0.2, 0) is 14.3 Å². The maximum atomic E-state index is 13.0. The second kappa shape index (κ2) is 8.14. The quantitative estimate of drug-likeness (QED) is 0.844. The van der Waals surface area contributed by atoms with Gasteiger partial charge < -0.3 is 20.7 Å². The lowest BCUT2D eigenvalue weighted by Gasteiger charge is -2.41. The van der Waals surface area contributed by atoms with Crippen LogP contribution in [0.5, 0.6) is 0 Å². The first-order chi connectivity index (χ1) is 12.5. The van der Waals surface area contributed by atoms with Crippen LogP contribution < -0.4 is 11.1 Å². The highest BCUT2D eigenvalue weighted by molar-refractivity contribution is 5.92. The number of anilines is 1. The lowest BCUT2D eigenvalue weighted by Crippen LogP contribution is -2.53. The molecule has 0 spiro atoms. The monoisotopic (exact) mass is 360 g/mol. The second-order valence-corrected chi connectivity index (χ2v) is 7.37. The lowest BCUT2D eigenvalue weighted by molar-refractivity contribution is -0.149. The summed E-state index contributed by atoms with van der Waals surface area (Å²) in [5, 5.41) is 2.87. The molecule has 26 heavy (non-hydrogen) atoms. The van der Waals surface area contributed by atoms with E-state index in [1.807, 2.05) is 24.0 Å². The van der Waals surface area contributed by atoms with Gasteiger partial charge in [-0.25, -0.2) is 4.98 Å². The van der Waals surface area contributed by atoms with Crippen molar-refractivity contribution in [2.45, 2.75) is 32.6 Å². The number of aryl methyl sites for hydroxylation is 1. The van der Waals surface area contributed by atoms with Crippen molar-refractivity contribution < 1.29 is 14.3 Å². The molecule has 2 fully saturated rings. The molecule has 3 N–H and O–H groups in total. The van der Waals surface area contributed by atoms with E-state index in [-0.39, 0.29) is 17.7 Å². The van der Waals surface area contributed by atoms with E-state index in [0.717, 1.165) is 5.56 Å². The molecule has 0 saturated carbocycles. The number of amides is 2. The van der Waals surface area contributed by atoms with Gasteiger partial charge in [-0.15, -0.1) is 0 Å². The molecule has 3 heterocycles. The van der Waals surface area contributed by atoms with Gasteiger partial charge in [-0.3, -0.25) is 9.59 Å². The minimum absolute atomic E-state index is 0.0203. The fourth-order valence-electron chi connectivity index (χ4n) is 3.72. The van der Waals surface area contributed by atoms with E-state index in [4.69, 9.17) is 10.5 Å². The number of nitrogens with zero attached hydrogens (tertiary/aromatic N) is 2. The van der Waals surface area contributed by atoms with Crippen molar-refractivity contribution in [1.29, 1.82) is 0 Å². The Labute approximate surface area is 154 Å². The molecular formula is C19H28N4O3. The van der Waals surface area contributed by atoms with Gasteiger partial charge in [0, 0.05) is 45.0 Å². The van der Waals surface area contributed by atoms with Crippen LogP contribution in [0.4, 0.5) is 5.82 Å². The highest BCUT2D eigenvalue weighted by atomic mass is 16.5. The van der Waals surface area contributed by atoms with Crippen LogP contribution in [0.25, 0.3) is 0 Å². The summed E-state index contributed by atoms with van der Waals surface area (Å²) in [5.74, 6) is 0.587. The van der Waals surface area contributed by atoms with E-state index in [1.165, 1.54) is 0 Å². The Hall–Kier alpha value is -1.99. The van der Waals surface area contributed by atoms with Gasteiger partial charge in [0.05, 0.1) is 5.41 Å². The minimum atomic E-state index is -0.487. The normalized spacial score (nSPS) is 20.6. The van der Waals surface area contributed by atoms with Gasteiger partial charge in [0.15, 0.2) is 0 Å². The average molecular weight is 360 g/mol. The molecule has 1 aromatic rings. The van der Waals surface area contributed by atoms with E-state index in [0.29, 0.717) is 64.3 Å². The van der Waals surface area contributed by atoms with Crippen LogP contribution in [0.3, 0.4) is 0 Å². The van der Waals surface area contributed by atoms with E-state index in [1.54, 1.807) is 6.20 Å². The number of hydrogen-bond acceptors (Lipinski definition) is 5. The number of piperidine rings is 1. The largest absolute Gasteiger partial charge is 0.381 e. The second-order valence-electron chi connectivity index (χ2n) is 7.37. The molecule has 0 atom stereocenters. The fourth-order valence-corrected chi connectivity index (χ4v) is 3.72. The van der Waals surface area contributed by atoms with Crippen LogP contribution in [0.1, 0.15) is 31.2 Å². The minimum Gasteiger partial charge on any atom is -0.381 e. The first-order valence-electron chi connectivity index (χ1n) is 9.35. The van der Waals surface area contributed by atoms with Gasteiger partial charge >= 0.3 is 0 Å². The van der Waals surface area contributed by atoms with E-state index in [9.17, 15) is 9.59 Å². The number of rotatable bonds is 4. The average Bonchev–Trinajstić information content (AvgIpc) is 2.69. The van der Waals surface area contributed by atoms with Gasteiger partial charge in [-0.05, 0) is 44.2 Å². The molecule has 7 heteroatoms. The third-order valence-electron chi connectivity index (χ3n) is 5.61. The van der Waals surface area contributed by atoms with Gasteiger partial charge in [0.25, 0.3) is 0 Å². The standard InChI is InChI=1S/C19H28N4O3/c1-14-2-3-16(21-12-14)22-17(24)15-4-8-23(9-5-15)18(25)19(13-20)6-10-26-11-7-19/h2-3,12,15H,4-11,13,20H2,1H3,(H,21,22,24). The van der Waals surface area contributed by atoms with Gasteiger partial charge in [0.1, 0.15) is 5.82 Å². The Kier molecular flexibility index (Phi) is 5.88.